The maximum atomic E-state index is 13.3. The van der Waals surface area contributed by atoms with Gasteiger partial charge in [-0.25, -0.2) is 14.2 Å². The number of aliphatic imine (C=N–C) groups is 1. The number of hydrogen-bond acceptors (Lipinski definition) is 3. The molecule has 0 saturated heterocycles. The normalized spacial score (nSPS) is 9.36. The number of halogens is 2. The Morgan fingerprint density at radius 3 is 2.93 bits per heavy atom. The smallest absolute Gasteiger partial charge is 0.235 e. The van der Waals surface area contributed by atoms with Crippen LogP contribution < -0.4 is 4.74 Å². The average molecular weight is 216 g/mol. The molecule has 1 rings (SSSR count). The van der Waals surface area contributed by atoms with Gasteiger partial charge in [-0.1, -0.05) is 11.6 Å². The highest BCUT2D eigenvalue weighted by Gasteiger charge is 2.09. The summed E-state index contributed by atoms with van der Waals surface area (Å²) >= 11 is 5.58. The average Bonchev–Trinajstić information content (AvgIpc) is 2.20. The van der Waals surface area contributed by atoms with Gasteiger partial charge < -0.3 is 4.74 Å². The first-order chi connectivity index (χ1) is 6.69. The van der Waals surface area contributed by atoms with E-state index >= 15 is 0 Å². The summed E-state index contributed by atoms with van der Waals surface area (Å²) in [5.41, 5.74) is 0.206. The van der Waals surface area contributed by atoms with E-state index in [1.54, 1.807) is 0 Å². The molecule has 0 radical (unpaired) electrons. The largest absolute Gasteiger partial charge is 0.497 e. The van der Waals surface area contributed by atoms with Gasteiger partial charge in [0, 0.05) is 11.6 Å². The Balaban J connectivity index is 3.12. The van der Waals surface area contributed by atoms with Gasteiger partial charge in [-0.3, -0.25) is 0 Å². The van der Waals surface area contributed by atoms with Gasteiger partial charge in [0.25, 0.3) is 0 Å². The lowest BCUT2D eigenvalue weighted by Crippen LogP contribution is -1.92. The standard InChI is InChI=1S/C9H7ClFNO2/c1-14-7-2-6(4-12-5-13)9(11)8(10)3-7/h2-3H,4H2,1H3. The third-order valence-corrected chi connectivity index (χ3v) is 1.90. The van der Waals surface area contributed by atoms with Gasteiger partial charge in [0.2, 0.25) is 6.08 Å². The van der Waals surface area contributed by atoms with Gasteiger partial charge in [0.05, 0.1) is 18.7 Å². The molecule has 0 spiro atoms. The van der Waals surface area contributed by atoms with Crippen molar-refractivity contribution in [3.05, 3.63) is 28.5 Å². The highest BCUT2D eigenvalue weighted by Crippen LogP contribution is 2.25. The van der Waals surface area contributed by atoms with Gasteiger partial charge >= 0.3 is 0 Å². The van der Waals surface area contributed by atoms with Crippen LogP contribution in [0.25, 0.3) is 0 Å². The molecule has 0 aliphatic carbocycles. The van der Waals surface area contributed by atoms with Crippen LogP contribution in [0.1, 0.15) is 5.56 Å². The number of carbonyl (C=O) groups excluding carboxylic acids is 1. The monoisotopic (exact) mass is 215 g/mol. The Hall–Kier alpha value is -1.38. The predicted molar refractivity (Wildman–Crippen MR) is 49.8 cm³/mol. The van der Waals surface area contributed by atoms with Crippen molar-refractivity contribution in [3.63, 3.8) is 0 Å². The Labute approximate surface area is 85.2 Å². The third-order valence-electron chi connectivity index (χ3n) is 1.63. The van der Waals surface area contributed by atoms with Crippen molar-refractivity contribution in [2.24, 2.45) is 4.99 Å². The molecule has 0 N–H and O–H groups in total. The number of isocyanates is 1. The summed E-state index contributed by atoms with van der Waals surface area (Å²) in [7, 11) is 1.44. The van der Waals surface area contributed by atoms with Crippen molar-refractivity contribution < 1.29 is 13.9 Å². The first-order valence-corrected chi connectivity index (χ1v) is 4.12. The maximum Gasteiger partial charge on any atom is 0.235 e. The van der Waals surface area contributed by atoms with Crippen LogP contribution in [-0.4, -0.2) is 13.2 Å². The van der Waals surface area contributed by atoms with E-state index in [2.05, 4.69) is 4.99 Å². The van der Waals surface area contributed by atoms with Crippen molar-refractivity contribution in [2.75, 3.05) is 7.11 Å². The zero-order valence-electron chi connectivity index (χ0n) is 7.38. The summed E-state index contributed by atoms with van der Waals surface area (Å²) < 4.78 is 18.1. The number of ether oxygens (including phenoxy) is 1. The molecule has 5 heteroatoms. The SMILES string of the molecule is COc1cc(Cl)c(F)c(CN=C=O)c1. The highest BCUT2D eigenvalue weighted by atomic mass is 35.5. The van der Waals surface area contributed by atoms with Gasteiger partial charge in [0.1, 0.15) is 11.6 Å². The molecule has 0 amide bonds. The minimum Gasteiger partial charge on any atom is -0.497 e. The van der Waals surface area contributed by atoms with Crippen LogP contribution in [0.4, 0.5) is 4.39 Å². The fourth-order valence-corrected chi connectivity index (χ4v) is 1.20. The number of hydrogen-bond donors (Lipinski definition) is 0. The number of nitrogens with zero attached hydrogens (tertiary/aromatic N) is 1. The minimum absolute atomic E-state index is 0.0551. The van der Waals surface area contributed by atoms with Gasteiger partial charge in [-0.05, 0) is 6.07 Å². The summed E-state index contributed by atoms with van der Waals surface area (Å²) in [6.45, 7) is -0.0910. The molecule has 0 saturated carbocycles. The fraction of sp³-hybridized carbons (Fsp3) is 0.222. The second-order valence-electron chi connectivity index (χ2n) is 2.49. The Kier molecular flexibility index (Phi) is 3.63. The van der Waals surface area contributed by atoms with Crippen molar-refractivity contribution >= 4 is 17.7 Å². The Morgan fingerprint density at radius 2 is 2.36 bits per heavy atom. The molecule has 3 nitrogen and oxygen atoms in total. The summed E-state index contributed by atoms with van der Waals surface area (Å²) in [6.07, 6.45) is 1.32. The molecule has 0 heterocycles. The molecule has 0 bridgehead atoms. The lowest BCUT2D eigenvalue weighted by molar-refractivity contribution is 0.413. The molecule has 74 valence electrons. The molecular weight excluding hydrogens is 209 g/mol. The van der Waals surface area contributed by atoms with E-state index in [0.29, 0.717) is 5.75 Å². The molecule has 0 unspecified atom stereocenters. The predicted octanol–water partition coefficient (Wildman–Crippen LogP) is 2.32. The zero-order valence-corrected chi connectivity index (χ0v) is 8.14. The highest BCUT2D eigenvalue weighted by molar-refractivity contribution is 6.30. The Bertz CT molecular complexity index is 389. The number of methoxy groups -OCH3 is 1. The van der Waals surface area contributed by atoms with Gasteiger partial charge in [-0.15, -0.1) is 0 Å². The summed E-state index contributed by atoms with van der Waals surface area (Å²) in [5.74, 6) is -0.168. The van der Waals surface area contributed by atoms with E-state index in [4.69, 9.17) is 16.3 Å². The lowest BCUT2D eigenvalue weighted by atomic mass is 10.2. The lowest BCUT2D eigenvalue weighted by Gasteiger charge is -2.05. The molecule has 0 aliphatic rings. The second kappa shape index (κ2) is 4.74. The van der Waals surface area contributed by atoms with Crippen LogP contribution in [0.5, 0.6) is 5.75 Å². The fourth-order valence-electron chi connectivity index (χ4n) is 0.969. The quantitative estimate of drug-likeness (QED) is 0.573. The molecule has 1 aromatic carbocycles. The van der Waals surface area contributed by atoms with Gasteiger partial charge in [-0.2, -0.15) is 0 Å². The molecule has 14 heavy (non-hydrogen) atoms. The summed E-state index contributed by atoms with van der Waals surface area (Å²) in [6, 6.07) is 2.78. The van der Waals surface area contributed by atoms with Crippen molar-refractivity contribution in [2.45, 2.75) is 6.54 Å². The second-order valence-corrected chi connectivity index (χ2v) is 2.90. The molecule has 0 atom stereocenters. The van der Waals surface area contributed by atoms with E-state index in [0.717, 1.165) is 0 Å². The molecule has 0 aliphatic heterocycles. The van der Waals surface area contributed by atoms with Crippen LogP contribution in [0.3, 0.4) is 0 Å². The molecule has 1 aromatic rings. The van der Waals surface area contributed by atoms with E-state index in [1.165, 1.54) is 25.3 Å². The summed E-state index contributed by atoms with van der Waals surface area (Å²) in [4.78, 5) is 13.1. The molecule has 0 aromatic heterocycles. The van der Waals surface area contributed by atoms with Crippen molar-refractivity contribution in [1.82, 2.24) is 0 Å². The molecule has 0 fully saturated rings. The Morgan fingerprint density at radius 1 is 1.64 bits per heavy atom. The van der Waals surface area contributed by atoms with Gasteiger partial charge in [0.15, 0.2) is 0 Å². The maximum absolute atomic E-state index is 13.3. The van der Waals surface area contributed by atoms with E-state index < -0.39 is 5.82 Å². The first kappa shape index (κ1) is 10.7. The van der Waals surface area contributed by atoms with Crippen LogP contribution in [-0.2, 0) is 11.3 Å². The first-order valence-electron chi connectivity index (χ1n) is 3.74. The van der Waals surface area contributed by atoms with Crippen LogP contribution in [0.2, 0.25) is 5.02 Å². The topological polar surface area (TPSA) is 38.7 Å². The van der Waals surface area contributed by atoms with Crippen LogP contribution >= 0.6 is 11.6 Å². The third kappa shape index (κ3) is 2.31. The summed E-state index contributed by atoms with van der Waals surface area (Å²) in [5, 5.41) is -0.0551. The molecular formula is C9H7ClFNO2. The van der Waals surface area contributed by atoms with Crippen molar-refractivity contribution in [3.8, 4) is 5.75 Å². The number of rotatable bonds is 3. The zero-order chi connectivity index (χ0) is 10.6. The van der Waals surface area contributed by atoms with E-state index in [1.807, 2.05) is 0 Å². The minimum atomic E-state index is -0.591. The van der Waals surface area contributed by atoms with Crippen LogP contribution in [0.15, 0.2) is 17.1 Å². The van der Waals surface area contributed by atoms with E-state index in [-0.39, 0.29) is 17.1 Å². The van der Waals surface area contributed by atoms with E-state index in [9.17, 15) is 9.18 Å². The number of benzene rings is 1. The van der Waals surface area contributed by atoms with Crippen molar-refractivity contribution in [1.29, 1.82) is 0 Å². The van der Waals surface area contributed by atoms with Crippen LogP contribution in [0, 0.1) is 5.82 Å².